The second-order valence-electron chi connectivity index (χ2n) is 6.02. The molecular weight excluding hydrogens is 316 g/mol. The lowest BCUT2D eigenvalue weighted by molar-refractivity contribution is -0.143. The Hall–Kier alpha value is -1.75. The van der Waals surface area contributed by atoms with E-state index in [2.05, 4.69) is 12.2 Å². The number of rotatable bonds is 6. The van der Waals surface area contributed by atoms with Gasteiger partial charge in [-0.15, -0.1) is 0 Å². The van der Waals surface area contributed by atoms with Crippen molar-refractivity contribution in [3.63, 3.8) is 0 Å². The summed E-state index contributed by atoms with van der Waals surface area (Å²) >= 11 is 5.82. The Morgan fingerprint density at radius 1 is 1.39 bits per heavy atom. The standard InChI is InChI=1S/C17H23ClN2O3/c1-2-3-4-15(16(21)22)12-9-10-20(11-12)17(23)19-14-7-5-13(18)6-8-14/h5-8,12,15H,2-4,9-11H2,1H3,(H,19,23)(H,21,22)/t12-,15?/m1/s1. The summed E-state index contributed by atoms with van der Waals surface area (Å²) in [7, 11) is 0. The zero-order chi connectivity index (χ0) is 16.8. The van der Waals surface area contributed by atoms with Gasteiger partial charge in [0.15, 0.2) is 0 Å². The number of nitrogens with zero attached hydrogens (tertiary/aromatic N) is 1. The summed E-state index contributed by atoms with van der Waals surface area (Å²) in [6.45, 7) is 3.15. The van der Waals surface area contributed by atoms with Crippen LogP contribution in [0.5, 0.6) is 0 Å². The van der Waals surface area contributed by atoms with Crippen molar-refractivity contribution in [2.45, 2.75) is 32.6 Å². The number of carboxylic acids is 1. The van der Waals surface area contributed by atoms with Gasteiger partial charge in [0.05, 0.1) is 5.92 Å². The minimum atomic E-state index is -0.747. The molecule has 2 amide bonds. The van der Waals surface area contributed by atoms with E-state index in [-0.39, 0.29) is 17.9 Å². The smallest absolute Gasteiger partial charge is 0.321 e. The number of benzene rings is 1. The van der Waals surface area contributed by atoms with Crippen LogP contribution >= 0.6 is 11.6 Å². The highest BCUT2D eigenvalue weighted by Gasteiger charge is 2.35. The molecule has 0 radical (unpaired) electrons. The largest absolute Gasteiger partial charge is 0.481 e. The molecule has 0 bridgehead atoms. The number of hydrogen-bond donors (Lipinski definition) is 2. The number of unbranched alkanes of at least 4 members (excludes halogenated alkanes) is 1. The van der Waals surface area contributed by atoms with Crippen LogP contribution in [0.15, 0.2) is 24.3 Å². The molecule has 2 N–H and O–H groups in total. The minimum absolute atomic E-state index is 0.0371. The third-order valence-electron chi connectivity index (χ3n) is 4.36. The van der Waals surface area contributed by atoms with Gasteiger partial charge in [-0.1, -0.05) is 31.4 Å². The fourth-order valence-electron chi connectivity index (χ4n) is 3.02. The number of nitrogens with one attached hydrogen (secondary N) is 1. The lowest BCUT2D eigenvalue weighted by atomic mass is 9.87. The van der Waals surface area contributed by atoms with Gasteiger partial charge in [0.1, 0.15) is 0 Å². The van der Waals surface area contributed by atoms with Crippen LogP contribution in [0.1, 0.15) is 32.6 Å². The fourth-order valence-corrected chi connectivity index (χ4v) is 3.15. The van der Waals surface area contributed by atoms with E-state index in [1.807, 2.05) is 0 Å². The quantitative estimate of drug-likeness (QED) is 0.820. The molecule has 1 aliphatic rings. The van der Waals surface area contributed by atoms with E-state index in [0.717, 1.165) is 19.3 Å². The van der Waals surface area contributed by atoms with Crippen molar-refractivity contribution in [1.29, 1.82) is 0 Å². The summed E-state index contributed by atoms with van der Waals surface area (Å²) in [5, 5.41) is 12.9. The fraction of sp³-hybridized carbons (Fsp3) is 0.529. The summed E-state index contributed by atoms with van der Waals surface area (Å²) < 4.78 is 0. The summed E-state index contributed by atoms with van der Waals surface area (Å²) in [6, 6.07) is 6.74. The Balaban J connectivity index is 1.91. The van der Waals surface area contributed by atoms with Crippen LogP contribution in [-0.4, -0.2) is 35.1 Å². The molecule has 2 rings (SSSR count). The third-order valence-corrected chi connectivity index (χ3v) is 4.61. The van der Waals surface area contributed by atoms with Crippen molar-refractivity contribution in [1.82, 2.24) is 4.90 Å². The van der Waals surface area contributed by atoms with Gasteiger partial charge in [0.2, 0.25) is 0 Å². The second-order valence-corrected chi connectivity index (χ2v) is 6.46. The first-order valence-electron chi connectivity index (χ1n) is 8.05. The molecule has 5 nitrogen and oxygen atoms in total. The Labute approximate surface area is 141 Å². The van der Waals surface area contributed by atoms with Gasteiger partial charge in [0.25, 0.3) is 0 Å². The highest BCUT2D eigenvalue weighted by Crippen LogP contribution is 2.28. The van der Waals surface area contributed by atoms with Gasteiger partial charge < -0.3 is 15.3 Å². The van der Waals surface area contributed by atoms with Crippen LogP contribution in [0.4, 0.5) is 10.5 Å². The van der Waals surface area contributed by atoms with Crippen molar-refractivity contribution in [3.8, 4) is 0 Å². The number of anilines is 1. The molecule has 6 heteroatoms. The number of likely N-dealkylation sites (tertiary alicyclic amines) is 1. The zero-order valence-corrected chi connectivity index (χ0v) is 14.1. The highest BCUT2D eigenvalue weighted by atomic mass is 35.5. The number of carbonyl (C=O) groups is 2. The first-order chi connectivity index (χ1) is 11.0. The van der Waals surface area contributed by atoms with Crippen molar-refractivity contribution < 1.29 is 14.7 Å². The topological polar surface area (TPSA) is 69.6 Å². The van der Waals surface area contributed by atoms with Crippen LogP contribution < -0.4 is 5.32 Å². The highest BCUT2D eigenvalue weighted by molar-refractivity contribution is 6.30. The Kier molecular flexibility index (Phi) is 6.28. The van der Waals surface area contributed by atoms with Gasteiger partial charge in [-0.25, -0.2) is 4.79 Å². The molecule has 0 aliphatic carbocycles. The number of aliphatic carboxylic acids is 1. The normalized spacial score (nSPS) is 18.7. The number of hydrogen-bond acceptors (Lipinski definition) is 2. The first-order valence-corrected chi connectivity index (χ1v) is 8.43. The molecule has 0 spiro atoms. The lowest BCUT2D eigenvalue weighted by Gasteiger charge is -2.21. The maximum atomic E-state index is 12.3. The van der Waals surface area contributed by atoms with Crippen LogP contribution in [0.2, 0.25) is 5.02 Å². The number of carbonyl (C=O) groups excluding carboxylic acids is 1. The third kappa shape index (κ3) is 4.86. The van der Waals surface area contributed by atoms with E-state index in [1.54, 1.807) is 29.2 Å². The van der Waals surface area contributed by atoms with Crippen LogP contribution in [0, 0.1) is 11.8 Å². The monoisotopic (exact) mass is 338 g/mol. The van der Waals surface area contributed by atoms with Gasteiger partial charge in [-0.2, -0.15) is 0 Å². The van der Waals surface area contributed by atoms with E-state index in [4.69, 9.17) is 11.6 Å². The van der Waals surface area contributed by atoms with Crippen molar-refractivity contribution in [2.24, 2.45) is 11.8 Å². The predicted octanol–water partition coefficient (Wildman–Crippen LogP) is 4.08. The predicted molar refractivity (Wildman–Crippen MR) is 90.8 cm³/mol. The average molecular weight is 339 g/mol. The van der Waals surface area contributed by atoms with E-state index in [0.29, 0.717) is 30.2 Å². The molecule has 126 valence electrons. The van der Waals surface area contributed by atoms with Crippen molar-refractivity contribution >= 4 is 29.3 Å². The average Bonchev–Trinajstić information content (AvgIpc) is 2.99. The molecule has 1 aliphatic heterocycles. The van der Waals surface area contributed by atoms with E-state index >= 15 is 0 Å². The first kappa shape index (κ1) is 17.6. The molecule has 1 saturated heterocycles. The number of amides is 2. The van der Waals surface area contributed by atoms with Crippen LogP contribution in [-0.2, 0) is 4.79 Å². The molecule has 1 unspecified atom stereocenters. The lowest BCUT2D eigenvalue weighted by Crippen LogP contribution is -2.34. The van der Waals surface area contributed by atoms with E-state index in [1.165, 1.54) is 0 Å². The maximum Gasteiger partial charge on any atom is 0.321 e. The summed E-state index contributed by atoms with van der Waals surface area (Å²) in [5.41, 5.74) is 0.684. The molecule has 0 saturated carbocycles. The molecule has 1 aromatic carbocycles. The molecule has 0 aromatic heterocycles. The van der Waals surface area contributed by atoms with Crippen molar-refractivity contribution in [3.05, 3.63) is 29.3 Å². The molecule has 1 aromatic rings. The van der Waals surface area contributed by atoms with Crippen LogP contribution in [0.3, 0.4) is 0 Å². The molecule has 23 heavy (non-hydrogen) atoms. The van der Waals surface area contributed by atoms with Gasteiger partial charge in [-0.3, -0.25) is 4.79 Å². The van der Waals surface area contributed by atoms with Gasteiger partial charge in [-0.05, 0) is 43.0 Å². The number of urea groups is 1. The summed E-state index contributed by atoms with van der Waals surface area (Å²) in [5.74, 6) is -1.07. The molecule has 2 atom stereocenters. The van der Waals surface area contributed by atoms with E-state index in [9.17, 15) is 14.7 Å². The second kappa shape index (κ2) is 8.20. The Morgan fingerprint density at radius 3 is 2.70 bits per heavy atom. The Morgan fingerprint density at radius 2 is 2.09 bits per heavy atom. The number of halogens is 1. The molecule has 1 heterocycles. The minimum Gasteiger partial charge on any atom is -0.481 e. The number of carboxylic acid groups (broad SMARTS) is 1. The molecular formula is C17H23ClN2O3. The maximum absolute atomic E-state index is 12.3. The molecule has 1 fully saturated rings. The van der Waals surface area contributed by atoms with E-state index < -0.39 is 5.97 Å². The summed E-state index contributed by atoms with van der Waals surface area (Å²) in [6.07, 6.45) is 3.32. The Bertz CT molecular complexity index is 547. The zero-order valence-electron chi connectivity index (χ0n) is 13.3. The van der Waals surface area contributed by atoms with Gasteiger partial charge >= 0.3 is 12.0 Å². The van der Waals surface area contributed by atoms with Crippen molar-refractivity contribution in [2.75, 3.05) is 18.4 Å². The summed E-state index contributed by atoms with van der Waals surface area (Å²) in [4.78, 5) is 25.4. The van der Waals surface area contributed by atoms with Crippen LogP contribution in [0.25, 0.3) is 0 Å². The SMILES string of the molecule is CCCCC(C(=O)O)[C@@H]1CCN(C(=O)Nc2ccc(Cl)cc2)C1. The van der Waals surface area contributed by atoms with Gasteiger partial charge in [0, 0.05) is 23.8 Å².